The molecule has 19 heavy (non-hydrogen) atoms. The van der Waals surface area contributed by atoms with Gasteiger partial charge in [-0.25, -0.2) is 4.79 Å². The molecule has 0 aliphatic heterocycles. The highest BCUT2D eigenvalue weighted by molar-refractivity contribution is 5.73. The molecule has 0 fully saturated rings. The molecular weight excluding hydrogens is 240 g/mol. The number of carbonyl (C=O) groups is 1. The Kier molecular flexibility index (Phi) is 6.89. The van der Waals surface area contributed by atoms with Gasteiger partial charge in [0, 0.05) is 38.1 Å². The van der Waals surface area contributed by atoms with Gasteiger partial charge in [-0.2, -0.15) is 0 Å². The maximum Gasteiger partial charge on any atom is 0.315 e. The van der Waals surface area contributed by atoms with E-state index in [1.54, 1.807) is 12.4 Å². The summed E-state index contributed by atoms with van der Waals surface area (Å²) in [6.45, 7) is 6.35. The molecule has 2 amide bonds. The molecule has 0 spiro atoms. The number of aromatic nitrogens is 1. The molecule has 0 aromatic carbocycles. The van der Waals surface area contributed by atoms with Crippen LogP contribution < -0.4 is 10.6 Å². The molecule has 0 aliphatic carbocycles. The molecule has 1 rings (SSSR count). The highest BCUT2D eigenvalue weighted by atomic mass is 16.2. The van der Waals surface area contributed by atoms with Crippen molar-refractivity contribution in [3.05, 3.63) is 30.1 Å². The highest BCUT2D eigenvalue weighted by Crippen LogP contribution is 1.98. The van der Waals surface area contributed by atoms with Crippen LogP contribution in [0, 0.1) is 0 Å². The van der Waals surface area contributed by atoms with Gasteiger partial charge in [0.25, 0.3) is 0 Å². The minimum atomic E-state index is -0.138. The van der Waals surface area contributed by atoms with Crippen LogP contribution in [0.4, 0.5) is 4.79 Å². The number of pyridine rings is 1. The molecule has 0 bridgehead atoms. The average Bonchev–Trinajstić information content (AvgIpc) is 2.45. The molecule has 2 N–H and O–H groups in total. The van der Waals surface area contributed by atoms with Gasteiger partial charge in [-0.15, -0.1) is 0 Å². The Bertz CT molecular complexity index is 369. The molecule has 0 saturated carbocycles. The van der Waals surface area contributed by atoms with E-state index in [-0.39, 0.29) is 6.03 Å². The van der Waals surface area contributed by atoms with Gasteiger partial charge in [-0.3, -0.25) is 4.98 Å². The van der Waals surface area contributed by atoms with Crippen molar-refractivity contribution >= 4 is 6.03 Å². The number of likely N-dealkylation sites (N-methyl/N-ethyl adjacent to an activating group) is 1. The smallest absolute Gasteiger partial charge is 0.315 e. The fraction of sp³-hybridized carbons (Fsp3) is 0.571. The zero-order valence-corrected chi connectivity index (χ0v) is 12.0. The van der Waals surface area contributed by atoms with E-state index in [1.807, 2.05) is 12.1 Å². The first-order valence-electron chi connectivity index (χ1n) is 6.74. The first kappa shape index (κ1) is 15.4. The Morgan fingerprint density at radius 2 is 2.26 bits per heavy atom. The topological polar surface area (TPSA) is 57.3 Å². The zero-order chi connectivity index (χ0) is 14.1. The number of hydrogen-bond donors (Lipinski definition) is 2. The minimum Gasteiger partial charge on any atom is -0.337 e. The summed E-state index contributed by atoms with van der Waals surface area (Å²) in [5.74, 6) is 0. The van der Waals surface area contributed by atoms with E-state index in [2.05, 4.69) is 41.4 Å². The normalized spacial score (nSPS) is 12.2. The van der Waals surface area contributed by atoms with Crippen molar-refractivity contribution in [1.29, 1.82) is 0 Å². The molecule has 1 aromatic heterocycles. The lowest BCUT2D eigenvalue weighted by Crippen LogP contribution is -2.41. The molecule has 1 atom stereocenters. The highest BCUT2D eigenvalue weighted by Gasteiger charge is 2.06. The van der Waals surface area contributed by atoms with Crippen LogP contribution in [0.15, 0.2) is 24.5 Å². The van der Waals surface area contributed by atoms with Crippen LogP contribution in [0.1, 0.15) is 25.8 Å². The number of rotatable bonds is 7. The summed E-state index contributed by atoms with van der Waals surface area (Å²) in [7, 11) is 2.07. The van der Waals surface area contributed by atoms with Crippen LogP contribution in [0.2, 0.25) is 0 Å². The van der Waals surface area contributed by atoms with Crippen LogP contribution in [0.3, 0.4) is 0 Å². The summed E-state index contributed by atoms with van der Waals surface area (Å²) in [4.78, 5) is 17.8. The number of nitrogens with one attached hydrogen (secondary N) is 2. The minimum absolute atomic E-state index is 0.138. The number of hydrogen-bond acceptors (Lipinski definition) is 3. The lowest BCUT2D eigenvalue weighted by Gasteiger charge is -2.23. The van der Waals surface area contributed by atoms with Gasteiger partial charge in [-0.05, 0) is 32.0 Å². The van der Waals surface area contributed by atoms with Crippen LogP contribution in [0.25, 0.3) is 0 Å². The van der Waals surface area contributed by atoms with Crippen molar-refractivity contribution in [1.82, 2.24) is 20.5 Å². The zero-order valence-electron chi connectivity index (χ0n) is 12.0. The Balaban J connectivity index is 2.15. The summed E-state index contributed by atoms with van der Waals surface area (Å²) >= 11 is 0. The van der Waals surface area contributed by atoms with E-state index < -0.39 is 0 Å². The van der Waals surface area contributed by atoms with Gasteiger partial charge in [-0.1, -0.05) is 13.0 Å². The number of amides is 2. The third-order valence-corrected chi connectivity index (χ3v) is 3.27. The average molecular weight is 264 g/mol. The predicted molar refractivity (Wildman–Crippen MR) is 76.9 cm³/mol. The Labute approximate surface area is 115 Å². The van der Waals surface area contributed by atoms with Crippen molar-refractivity contribution in [3.63, 3.8) is 0 Å². The fourth-order valence-corrected chi connectivity index (χ4v) is 1.63. The van der Waals surface area contributed by atoms with Crippen molar-refractivity contribution in [2.24, 2.45) is 0 Å². The van der Waals surface area contributed by atoms with Crippen molar-refractivity contribution in [2.75, 3.05) is 20.1 Å². The SMILES string of the molecule is CCC(C)N(C)CCNC(=O)NCc1cccnc1. The van der Waals surface area contributed by atoms with E-state index in [4.69, 9.17) is 0 Å². The molecule has 5 heteroatoms. The third-order valence-electron chi connectivity index (χ3n) is 3.27. The van der Waals surface area contributed by atoms with Gasteiger partial charge < -0.3 is 15.5 Å². The quantitative estimate of drug-likeness (QED) is 0.786. The second kappa shape index (κ2) is 8.48. The molecule has 106 valence electrons. The lowest BCUT2D eigenvalue weighted by molar-refractivity contribution is 0.230. The van der Waals surface area contributed by atoms with E-state index in [1.165, 1.54) is 0 Å². The van der Waals surface area contributed by atoms with Crippen molar-refractivity contribution in [3.8, 4) is 0 Å². The van der Waals surface area contributed by atoms with Crippen LogP contribution in [-0.4, -0.2) is 42.1 Å². The van der Waals surface area contributed by atoms with E-state index in [0.717, 1.165) is 18.5 Å². The van der Waals surface area contributed by atoms with Gasteiger partial charge >= 0.3 is 6.03 Å². The Morgan fingerprint density at radius 1 is 1.47 bits per heavy atom. The standard InChI is InChI=1S/C14H24N4O/c1-4-12(2)18(3)9-8-16-14(19)17-11-13-6-5-7-15-10-13/h5-7,10,12H,4,8-9,11H2,1-3H3,(H2,16,17,19). The predicted octanol–water partition coefficient (Wildman–Crippen LogP) is 1.61. The molecule has 1 heterocycles. The molecular formula is C14H24N4O. The third kappa shape index (κ3) is 6.20. The van der Waals surface area contributed by atoms with Gasteiger partial charge in [0.2, 0.25) is 0 Å². The van der Waals surface area contributed by atoms with Gasteiger partial charge in [0.05, 0.1) is 0 Å². The summed E-state index contributed by atoms with van der Waals surface area (Å²) in [6.07, 6.45) is 4.58. The first-order valence-corrected chi connectivity index (χ1v) is 6.74. The largest absolute Gasteiger partial charge is 0.337 e. The van der Waals surface area contributed by atoms with Crippen LogP contribution >= 0.6 is 0 Å². The summed E-state index contributed by atoms with van der Waals surface area (Å²) in [6, 6.07) is 4.20. The number of nitrogens with zero attached hydrogens (tertiary/aromatic N) is 2. The molecule has 0 saturated heterocycles. The summed E-state index contributed by atoms with van der Waals surface area (Å²) in [5, 5.41) is 5.66. The molecule has 0 radical (unpaired) electrons. The second-order valence-corrected chi connectivity index (χ2v) is 4.71. The molecule has 5 nitrogen and oxygen atoms in total. The fourth-order valence-electron chi connectivity index (χ4n) is 1.63. The second-order valence-electron chi connectivity index (χ2n) is 4.71. The number of urea groups is 1. The lowest BCUT2D eigenvalue weighted by atomic mass is 10.2. The van der Waals surface area contributed by atoms with E-state index in [9.17, 15) is 4.79 Å². The summed E-state index contributed by atoms with van der Waals surface area (Å²) < 4.78 is 0. The molecule has 0 aliphatic rings. The number of carbonyl (C=O) groups excluding carboxylic acids is 1. The van der Waals surface area contributed by atoms with Crippen molar-refractivity contribution in [2.45, 2.75) is 32.9 Å². The Morgan fingerprint density at radius 3 is 2.89 bits per heavy atom. The molecule has 1 aromatic rings. The monoisotopic (exact) mass is 264 g/mol. The van der Waals surface area contributed by atoms with Crippen molar-refractivity contribution < 1.29 is 4.79 Å². The maximum absolute atomic E-state index is 11.6. The van der Waals surface area contributed by atoms with Crippen LogP contribution in [-0.2, 0) is 6.54 Å². The van der Waals surface area contributed by atoms with Gasteiger partial charge in [0.1, 0.15) is 0 Å². The summed E-state index contributed by atoms with van der Waals surface area (Å²) in [5.41, 5.74) is 0.995. The maximum atomic E-state index is 11.6. The van der Waals surface area contributed by atoms with E-state index in [0.29, 0.717) is 19.1 Å². The van der Waals surface area contributed by atoms with Gasteiger partial charge in [0.15, 0.2) is 0 Å². The Hall–Kier alpha value is -1.62. The van der Waals surface area contributed by atoms with Crippen LogP contribution in [0.5, 0.6) is 0 Å². The molecule has 1 unspecified atom stereocenters. The van der Waals surface area contributed by atoms with E-state index >= 15 is 0 Å². The first-order chi connectivity index (χ1) is 9.13.